The second kappa shape index (κ2) is 6.70. The van der Waals surface area contributed by atoms with E-state index in [0.29, 0.717) is 24.8 Å². The molecule has 0 aliphatic carbocycles. The summed E-state index contributed by atoms with van der Waals surface area (Å²) in [6, 6.07) is 5.90. The first-order valence-electron chi connectivity index (χ1n) is 7.32. The smallest absolute Gasteiger partial charge is 0.245 e. The zero-order chi connectivity index (χ0) is 15.4. The molecule has 1 N–H and O–H groups in total. The maximum Gasteiger partial charge on any atom is 0.245 e. The Labute approximate surface area is 124 Å². The molecule has 1 aliphatic rings. The first-order chi connectivity index (χ1) is 9.99. The minimum Gasteiger partial charge on any atom is -0.344 e. The highest BCUT2D eigenvalue weighted by Crippen LogP contribution is 2.17. The summed E-state index contributed by atoms with van der Waals surface area (Å²) in [6.07, 6.45) is 1.83. The van der Waals surface area contributed by atoms with E-state index in [-0.39, 0.29) is 30.2 Å². The maximum atomic E-state index is 13.8. The van der Waals surface area contributed by atoms with E-state index in [0.717, 1.165) is 0 Å². The number of hydrogen-bond acceptors (Lipinski definition) is 2. The maximum absolute atomic E-state index is 13.8. The summed E-state index contributed by atoms with van der Waals surface area (Å²) in [5.41, 5.74) is 0.488. The summed E-state index contributed by atoms with van der Waals surface area (Å²) in [6.45, 7) is 4.00. The lowest BCUT2D eigenvalue weighted by atomic mass is 10.0. The van der Waals surface area contributed by atoms with Gasteiger partial charge in [-0.3, -0.25) is 9.59 Å². The van der Waals surface area contributed by atoms with E-state index >= 15 is 0 Å². The number of rotatable bonds is 4. The summed E-state index contributed by atoms with van der Waals surface area (Å²) in [5.74, 6) is -0.542. The van der Waals surface area contributed by atoms with Gasteiger partial charge in [0.05, 0.1) is 0 Å². The SMILES string of the molecule is CC(C)N(Cc1ccccc1F)C(=O)[C@H]1CCCC(=O)N1. The van der Waals surface area contributed by atoms with Gasteiger partial charge in [-0.2, -0.15) is 0 Å². The second-order valence-corrected chi connectivity index (χ2v) is 5.66. The number of carbonyl (C=O) groups excluding carboxylic acids is 2. The van der Waals surface area contributed by atoms with Crippen molar-refractivity contribution in [2.45, 2.75) is 51.7 Å². The predicted octanol–water partition coefficient (Wildman–Crippen LogP) is 2.23. The minimum atomic E-state index is -0.486. The first-order valence-corrected chi connectivity index (χ1v) is 7.32. The van der Waals surface area contributed by atoms with Crippen LogP contribution < -0.4 is 5.32 Å². The van der Waals surface area contributed by atoms with Gasteiger partial charge in [-0.05, 0) is 32.8 Å². The van der Waals surface area contributed by atoms with Gasteiger partial charge < -0.3 is 10.2 Å². The fourth-order valence-electron chi connectivity index (χ4n) is 2.52. The molecule has 1 aromatic rings. The molecule has 5 heteroatoms. The van der Waals surface area contributed by atoms with Crippen LogP contribution in [0.4, 0.5) is 4.39 Å². The van der Waals surface area contributed by atoms with Gasteiger partial charge in [-0.15, -0.1) is 0 Å². The zero-order valence-electron chi connectivity index (χ0n) is 12.4. The van der Waals surface area contributed by atoms with Crippen molar-refractivity contribution in [3.05, 3.63) is 35.6 Å². The van der Waals surface area contributed by atoms with E-state index < -0.39 is 6.04 Å². The second-order valence-electron chi connectivity index (χ2n) is 5.66. The van der Waals surface area contributed by atoms with Gasteiger partial charge in [0.1, 0.15) is 11.9 Å². The molecular formula is C16H21FN2O2. The monoisotopic (exact) mass is 292 g/mol. The number of piperidine rings is 1. The van der Waals surface area contributed by atoms with Crippen molar-refractivity contribution in [2.24, 2.45) is 0 Å². The van der Waals surface area contributed by atoms with Crippen molar-refractivity contribution in [1.82, 2.24) is 10.2 Å². The van der Waals surface area contributed by atoms with Crippen molar-refractivity contribution in [2.75, 3.05) is 0 Å². The minimum absolute atomic E-state index is 0.0593. The highest BCUT2D eigenvalue weighted by atomic mass is 19.1. The summed E-state index contributed by atoms with van der Waals surface area (Å²) < 4.78 is 13.8. The van der Waals surface area contributed by atoms with E-state index in [1.54, 1.807) is 23.1 Å². The van der Waals surface area contributed by atoms with Crippen molar-refractivity contribution in [3.63, 3.8) is 0 Å². The molecule has 1 aromatic carbocycles. The topological polar surface area (TPSA) is 49.4 Å². The summed E-state index contributed by atoms with van der Waals surface area (Å²) >= 11 is 0. The number of carbonyl (C=O) groups is 2. The molecular weight excluding hydrogens is 271 g/mol. The van der Waals surface area contributed by atoms with Crippen LogP contribution in [0.3, 0.4) is 0 Å². The van der Waals surface area contributed by atoms with Crippen LogP contribution in [0, 0.1) is 5.82 Å². The number of nitrogens with zero attached hydrogens (tertiary/aromatic N) is 1. The van der Waals surface area contributed by atoms with Crippen molar-refractivity contribution >= 4 is 11.8 Å². The van der Waals surface area contributed by atoms with Gasteiger partial charge in [0, 0.05) is 24.6 Å². The quantitative estimate of drug-likeness (QED) is 0.925. The molecule has 0 bridgehead atoms. The molecule has 21 heavy (non-hydrogen) atoms. The standard InChI is InChI=1S/C16H21FN2O2/c1-11(2)19(10-12-6-3-4-7-13(12)17)16(21)14-8-5-9-15(20)18-14/h3-4,6-7,11,14H,5,8-10H2,1-2H3,(H,18,20)/t14-/m1/s1. The zero-order valence-corrected chi connectivity index (χ0v) is 12.4. The lowest BCUT2D eigenvalue weighted by molar-refractivity contribution is -0.140. The lowest BCUT2D eigenvalue weighted by Crippen LogP contribution is -2.52. The Morgan fingerprint density at radius 2 is 2.14 bits per heavy atom. The summed E-state index contributed by atoms with van der Waals surface area (Å²) in [5, 5.41) is 2.73. The molecule has 4 nitrogen and oxygen atoms in total. The number of nitrogens with one attached hydrogen (secondary N) is 1. The average molecular weight is 292 g/mol. The molecule has 1 saturated heterocycles. The van der Waals surface area contributed by atoms with Gasteiger partial charge >= 0.3 is 0 Å². The van der Waals surface area contributed by atoms with Crippen LogP contribution >= 0.6 is 0 Å². The van der Waals surface area contributed by atoms with E-state index in [1.807, 2.05) is 13.8 Å². The Hall–Kier alpha value is -1.91. The summed E-state index contributed by atoms with van der Waals surface area (Å²) in [7, 11) is 0. The Bertz CT molecular complexity index is 531. The third kappa shape index (κ3) is 3.80. The van der Waals surface area contributed by atoms with E-state index in [2.05, 4.69) is 5.32 Å². The number of benzene rings is 1. The van der Waals surface area contributed by atoms with Crippen LogP contribution in [-0.2, 0) is 16.1 Å². The van der Waals surface area contributed by atoms with E-state index in [9.17, 15) is 14.0 Å². The molecule has 1 aliphatic heterocycles. The Morgan fingerprint density at radius 1 is 1.43 bits per heavy atom. The van der Waals surface area contributed by atoms with Crippen molar-refractivity contribution < 1.29 is 14.0 Å². The third-order valence-corrected chi connectivity index (χ3v) is 3.73. The molecule has 0 spiro atoms. The number of hydrogen-bond donors (Lipinski definition) is 1. The predicted molar refractivity (Wildman–Crippen MR) is 77.9 cm³/mol. The molecule has 2 rings (SSSR count). The van der Waals surface area contributed by atoms with Gasteiger partial charge in [-0.1, -0.05) is 18.2 Å². The molecule has 1 fully saturated rings. The largest absolute Gasteiger partial charge is 0.344 e. The fourth-order valence-corrected chi connectivity index (χ4v) is 2.52. The van der Waals surface area contributed by atoms with Crippen LogP contribution in [0.1, 0.15) is 38.7 Å². The molecule has 0 aromatic heterocycles. The van der Waals surface area contributed by atoms with Crippen LogP contribution in [-0.4, -0.2) is 28.8 Å². The van der Waals surface area contributed by atoms with Gasteiger partial charge in [-0.25, -0.2) is 4.39 Å². The van der Waals surface area contributed by atoms with Crippen LogP contribution in [0.25, 0.3) is 0 Å². The number of amides is 2. The Kier molecular flexibility index (Phi) is 4.94. The van der Waals surface area contributed by atoms with Gasteiger partial charge in [0.15, 0.2) is 0 Å². The van der Waals surface area contributed by atoms with E-state index in [1.165, 1.54) is 6.07 Å². The Balaban J connectivity index is 2.13. The molecule has 1 atom stereocenters. The molecule has 114 valence electrons. The van der Waals surface area contributed by atoms with Crippen molar-refractivity contribution in [1.29, 1.82) is 0 Å². The van der Waals surface area contributed by atoms with Gasteiger partial charge in [0.25, 0.3) is 0 Å². The van der Waals surface area contributed by atoms with Crippen LogP contribution in [0.15, 0.2) is 24.3 Å². The van der Waals surface area contributed by atoms with Crippen LogP contribution in [0.2, 0.25) is 0 Å². The number of halogens is 1. The van der Waals surface area contributed by atoms with E-state index in [4.69, 9.17) is 0 Å². The normalized spacial score (nSPS) is 18.5. The Morgan fingerprint density at radius 3 is 2.76 bits per heavy atom. The molecule has 0 saturated carbocycles. The highest BCUT2D eigenvalue weighted by Gasteiger charge is 2.30. The van der Waals surface area contributed by atoms with Crippen LogP contribution in [0.5, 0.6) is 0 Å². The van der Waals surface area contributed by atoms with Gasteiger partial charge in [0.2, 0.25) is 11.8 Å². The molecule has 0 unspecified atom stereocenters. The molecule has 0 radical (unpaired) electrons. The fraction of sp³-hybridized carbons (Fsp3) is 0.500. The lowest BCUT2D eigenvalue weighted by Gasteiger charge is -2.32. The third-order valence-electron chi connectivity index (χ3n) is 3.73. The molecule has 1 heterocycles. The summed E-state index contributed by atoms with van der Waals surface area (Å²) in [4.78, 5) is 25.7. The first kappa shape index (κ1) is 15.5. The van der Waals surface area contributed by atoms with Crippen molar-refractivity contribution in [3.8, 4) is 0 Å². The average Bonchev–Trinajstić information content (AvgIpc) is 2.45. The highest BCUT2D eigenvalue weighted by molar-refractivity contribution is 5.88. The molecule has 2 amide bonds.